The minimum absolute atomic E-state index is 0.254. The number of hydrazone groups is 1. The Morgan fingerprint density at radius 2 is 2.18 bits per heavy atom. The van der Waals surface area contributed by atoms with Gasteiger partial charge in [0.2, 0.25) is 0 Å². The molecule has 0 radical (unpaired) electrons. The van der Waals surface area contributed by atoms with Crippen LogP contribution < -0.4 is 10.7 Å². The lowest BCUT2D eigenvalue weighted by Gasteiger charge is -2.32. The maximum atomic E-state index is 5.13. The van der Waals surface area contributed by atoms with E-state index in [1.54, 1.807) is 7.11 Å². The van der Waals surface area contributed by atoms with Gasteiger partial charge in [-0.1, -0.05) is 25.5 Å². The van der Waals surface area contributed by atoms with Gasteiger partial charge < -0.3 is 10.1 Å². The third kappa shape index (κ3) is 6.28. The predicted molar refractivity (Wildman–Crippen MR) is 98.2 cm³/mol. The molecule has 1 aliphatic rings. The Bertz CT molecular complexity index is 478. The van der Waals surface area contributed by atoms with Crippen LogP contribution in [0.2, 0.25) is 0 Å². The van der Waals surface area contributed by atoms with E-state index in [4.69, 9.17) is 17.0 Å². The number of ether oxygens (including phenoxy) is 1. The Morgan fingerprint density at radius 3 is 2.82 bits per heavy atom. The lowest BCUT2D eigenvalue weighted by Crippen LogP contribution is -2.34. The molecule has 0 amide bonds. The molecule has 0 aromatic heterocycles. The van der Waals surface area contributed by atoms with E-state index in [9.17, 15) is 0 Å². The van der Waals surface area contributed by atoms with Crippen molar-refractivity contribution in [3.8, 4) is 0 Å². The van der Waals surface area contributed by atoms with Crippen molar-refractivity contribution in [3.05, 3.63) is 23.3 Å². The molecule has 0 unspecified atom stereocenters. The number of thiocarbonyl (C=S) groups is 1. The molecule has 0 fully saturated rings. The Kier molecular flexibility index (Phi) is 7.76. The smallest absolute Gasteiger partial charge is 0.187 e. The fourth-order valence-corrected chi connectivity index (χ4v) is 2.84. The summed E-state index contributed by atoms with van der Waals surface area (Å²) >= 11 is 5.13. The number of rotatable bonds is 6. The molecule has 0 saturated heterocycles. The van der Waals surface area contributed by atoms with Crippen LogP contribution in [0.15, 0.2) is 28.4 Å². The fraction of sp³-hybridized carbons (Fsp3) is 0.647. The summed E-state index contributed by atoms with van der Waals surface area (Å²) in [7, 11) is 1.66. The van der Waals surface area contributed by atoms with Crippen LogP contribution in [0, 0.1) is 5.41 Å². The summed E-state index contributed by atoms with van der Waals surface area (Å²) < 4.78 is 4.95. The molecule has 2 N–H and O–H groups in total. The molecule has 0 aromatic rings. The minimum atomic E-state index is 0.254. The molecule has 124 valence electrons. The molecule has 0 bridgehead atoms. The van der Waals surface area contributed by atoms with Crippen LogP contribution in [-0.2, 0) is 4.74 Å². The number of hydrogen-bond donors (Lipinski definition) is 2. The molecule has 0 heterocycles. The molecule has 5 heteroatoms. The first-order chi connectivity index (χ1) is 10.4. The van der Waals surface area contributed by atoms with Crippen molar-refractivity contribution in [3.63, 3.8) is 0 Å². The van der Waals surface area contributed by atoms with Crippen molar-refractivity contribution in [2.24, 2.45) is 10.5 Å². The Hall–Kier alpha value is -1.20. The normalized spacial score (nSPS) is 18.7. The second kappa shape index (κ2) is 9.06. The first-order valence-corrected chi connectivity index (χ1v) is 8.23. The predicted octanol–water partition coefficient (Wildman–Crippen LogP) is 3.56. The molecule has 0 saturated carbocycles. The van der Waals surface area contributed by atoms with Gasteiger partial charge in [0.05, 0.1) is 12.3 Å². The van der Waals surface area contributed by atoms with Crippen molar-refractivity contribution >= 4 is 23.0 Å². The molecule has 0 aromatic carbocycles. The first kappa shape index (κ1) is 18.8. The number of hydrogen-bond acceptors (Lipinski definition) is 3. The Morgan fingerprint density at radius 1 is 1.45 bits per heavy atom. The van der Waals surface area contributed by atoms with Gasteiger partial charge >= 0.3 is 0 Å². The van der Waals surface area contributed by atoms with E-state index >= 15 is 0 Å². The van der Waals surface area contributed by atoms with Crippen molar-refractivity contribution in [1.29, 1.82) is 0 Å². The standard InChI is InChI=1S/C17H29N3OS/c1-13-7-6-10-17(3,4)15(13)9-8-14(2)19-20-16(22)18-11-12-21-5/h8-9H,6-7,10-12H2,1-5H3,(H2,18,20,22)/b9-8+,19-14-. The zero-order chi connectivity index (χ0) is 16.6. The van der Waals surface area contributed by atoms with Gasteiger partial charge in [0.15, 0.2) is 5.11 Å². The van der Waals surface area contributed by atoms with Crippen molar-refractivity contribution in [2.45, 2.75) is 47.0 Å². The van der Waals surface area contributed by atoms with E-state index in [1.807, 2.05) is 6.92 Å². The van der Waals surface area contributed by atoms with Crippen LogP contribution in [0.25, 0.3) is 0 Å². The average molecular weight is 324 g/mol. The summed E-state index contributed by atoms with van der Waals surface area (Å²) in [5.74, 6) is 0. The van der Waals surface area contributed by atoms with Crippen LogP contribution >= 0.6 is 12.2 Å². The molecule has 0 aliphatic heterocycles. The van der Waals surface area contributed by atoms with E-state index in [-0.39, 0.29) is 5.41 Å². The minimum Gasteiger partial charge on any atom is -0.383 e. The number of nitrogens with one attached hydrogen (secondary N) is 2. The number of nitrogens with zero attached hydrogens (tertiary/aromatic N) is 1. The molecular formula is C17H29N3OS. The monoisotopic (exact) mass is 323 g/mol. The maximum absolute atomic E-state index is 5.13. The second-order valence-corrected chi connectivity index (χ2v) is 6.79. The molecule has 22 heavy (non-hydrogen) atoms. The van der Waals surface area contributed by atoms with E-state index in [0.29, 0.717) is 18.3 Å². The molecule has 0 atom stereocenters. The van der Waals surface area contributed by atoms with Gasteiger partial charge in [-0.15, -0.1) is 0 Å². The highest BCUT2D eigenvalue weighted by Gasteiger charge is 2.26. The second-order valence-electron chi connectivity index (χ2n) is 6.38. The van der Waals surface area contributed by atoms with E-state index < -0.39 is 0 Å². The quantitative estimate of drug-likeness (QED) is 0.340. The van der Waals surface area contributed by atoms with Gasteiger partial charge in [0.1, 0.15) is 0 Å². The van der Waals surface area contributed by atoms with E-state index in [2.05, 4.69) is 48.8 Å². The highest BCUT2D eigenvalue weighted by atomic mass is 32.1. The molecular weight excluding hydrogens is 294 g/mol. The van der Waals surface area contributed by atoms with Crippen LogP contribution in [0.4, 0.5) is 0 Å². The highest BCUT2D eigenvalue weighted by molar-refractivity contribution is 7.80. The van der Waals surface area contributed by atoms with Gasteiger partial charge in [-0.25, -0.2) is 0 Å². The topological polar surface area (TPSA) is 45.6 Å². The molecule has 1 aliphatic carbocycles. The van der Waals surface area contributed by atoms with Gasteiger partial charge in [0, 0.05) is 13.7 Å². The van der Waals surface area contributed by atoms with Crippen molar-refractivity contribution in [1.82, 2.24) is 10.7 Å². The first-order valence-electron chi connectivity index (χ1n) is 7.82. The molecule has 1 rings (SSSR count). The van der Waals surface area contributed by atoms with Gasteiger partial charge in [-0.05, 0) is 62.4 Å². The SMILES string of the molecule is COCCNC(=S)N/N=C(C)\C=C\C1=C(C)CCCC1(C)C. The van der Waals surface area contributed by atoms with Gasteiger partial charge in [-0.3, -0.25) is 5.43 Å². The van der Waals surface area contributed by atoms with Crippen molar-refractivity contribution in [2.75, 3.05) is 20.3 Å². The van der Waals surface area contributed by atoms with E-state index in [1.165, 1.54) is 30.4 Å². The average Bonchev–Trinajstić information content (AvgIpc) is 2.44. The van der Waals surface area contributed by atoms with Crippen LogP contribution in [0.5, 0.6) is 0 Å². The van der Waals surface area contributed by atoms with Crippen molar-refractivity contribution < 1.29 is 4.74 Å². The number of allylic oxidation sites excluding steroid dienone is 4. The van der Waals surface area contributed by atoms with E-state index in [0.717, 1.165) is 5.71 Å². The summed E-state index contributed by atoms with van der Waals surface area (Å²) in [6.07, 6.45) is 7.98. The summed E-state index contributed by atoms with van der Waals surface area (Å²) in [4.78, 5) is 0. The zero-order valence-corrected chi connectivity index (χ0v) is 15.3. The third-order valence-electron chi connectivity index (χ3n) is 3.96. The number of methoxy groups -OCH3 is 1. The van der Waals surface area contributed by atoms with Crippen LogP contribution in [-0.4, -0.2) is 31.1 Å². The van der Waals surface area contributed by atoms with Gasteiger partial charge in [0.25, 0.3) is 0 Å². The Balaban J connectivity index is 2.58. The Labute approximate surface area is 140 Å². The lowest BCUT2D eigenvalue weighted by molar-refractivity contribution is 0.204. The summed E-state index contributed by atoms with van der Waals surface area (Å²) in [5, 5.41) is 7.80. The third-order valence-corrected chi connectivity index (χ3v) is 4.19. The molecule has 0 spiro atoms. The zero-order valence-electron chi connectivity index (χ0n) is 14.5. The summed E-state index contributed by atoms with van der Waals surface area (Å²) in [5.41, 5.74) is 6.93. The summed E-state index contributed by atoms with van der Waals surface area (Å²) in [6.45, 7) is 10.1. The fourth-order valence-electron chi connectivity index (χ4n) is 2.70. The van der Waals surface area contributed by atoms with Crippen LogP contribution in [0.3, 0.4) is 0 Å². The molecule has 4 nitrogen and oxygen atoms in total. The maximum Gasteiger partial charge on any atom is 0.187 e. The lowest BCUT2D eigenvalue weighted by atomic mass is 9.72. The largest absolute Gasteiger partial charge is 0.383 e. The highest BCUT2D eigenvalue weighted by Crippen LogP contribution is 2.40. The van der Waals surface area contributed by atoms with Crippen LogP contribution in [0.1, 0.15) is 47.0 Å². The summed E-state index contributed by atoms with van der Waals surface area (Å²) in [6, 6.07) is 0. The van der Waals surface area contributed by atoms with Gasteiger partial charge in [-0.2, -0.15) is 5.10 Å².